The van der Waals surface area contributed by atoms with Crippen LogP contribution in [-0.2, 0) is 12.8 Å². The minimum atomic E-state index is 0.981. The largest absolute Gasteiger partial charge is 0.309 e. The van der Waals surface area contributed by atoms with Gasteiger partial charge in [-0.25, -0.2) is 0 Å². The van der Waals surface area contributed by atoms with E-state index in [2.05, 4.69) is 156 Å². The van der Waals surface area contributed by atoms with Crippen LogP contribution in [0.2, 0.25) is 0 Å². The van der Waals surface area contributed by atoms with Gasteiger partial charge < -0.3 is 4.57 Å². The van der Waals surface area contributed by atoms with Crippen molar-refractivity contribution in [2.75, 3.05) is 0 Å². The summed E-state index contributed by atoms with van der Waals surface area (Å²) in [4.78, 5) is 0. The maximum Gasteiger partial charge on any atom is 0.0541 e. The molecule has 0 spiro atoms. The summed E-state index contributed by atoms with van der Waals surface area (Å²) >= 11 is 0. The number of para-hydroxylation sites is 2. The number of fused-ring (bicyclic) bond motifs is 9. The molecule has 0 unspecified atom stereocenters. The summed E-state index contributed by atoms with van der Waals surface area (Å²) in [6, 6.07) is 56.4. The molecule has 1 aromatic heterocycles. The number of nitrogens with zero attached hydrogens (tertiary/aromatic N) is 1. The lowest BCUT2D eigenvalue weighted by Crippen LogP contribution is -1.94. The molecule has 2 aliphatic carbocycles. The summed E-state index contributed by atoms with van der Waals surface area (Å²) in [5, 5.41) is 2.59. The van der Waals surface area contributed by atoms with Gasteiger partial charge in [-0.3, -0.25) is 0 Å². The van der Waals surface area contributed by atoms with Crippen LogP contribution in [0.5, 0.6) is 0 Å². The Morgan fingerprint density at radius 3 is 1.49 bits per heavy atom. The van der Waals surface area contributed by atoms with E-state index in [1.54, 1.807) is 0 Å². The molecule has 45 heavy (non-hydrogen) atoms. The first-order valence-corrected chi connectivity index (χ1v) is 15.9. The van der Waals surface area contributed by atoms with Crippen LogP contribution in [0.15, 0.2) is 152 Å². The molecule has 7 aromatic carbocycles. The van der Waals surface area contributed by atoms with Crippen LogP contribution in [0.25, 0.3) is 72.0 Å². The molecular formula is C44H29N. The Morgan fingerprint density at radius 1 is 0.333 bits per heavy atom. The van der Waals surface area contributed by atoms with Crippen LogP contribution in [0.4, 0.5) is 0 Å². The van der Waals surface area contributed by atoms with Crippen molar-refractivity contribution in [1.29, 1.82) is 0 Å². The number of benzene rings is 7. The SMILES string of the molecule is c1cc(-c2ccc3c(c2)-c2ccccc2C3)cc(-c2ccc3c(c2)-c2cc(-n4c5ccccc5c5ccccc54)ccc2C3)c1. The summed E-state index contributed by atoms with van der Waals surface area (Å²) in [7, 11) is 0. The van der Waals surface area contributed by atoms with Crippen molar-refractivity contribution in [1.82, 2.24) is 4.57 Å². The minimum absolute atomic E-state index is 0.981. The van der Waals surface area contributed by atoms with E-state index in [1.807, 2.05) is 0 Å². The van der Waals surface area contributed by atoms with Gasteiger partial charge in [-0.15, -0.1) is 0 Å². The van der Waals surface area contributed by atoms with E-state index in [1.165, 1.54) is 94.3 Å². The normalized spacial score (nSPS) is 12.7. The predicted molar refractivity (Wildman–Crippen MR) is 188 cm³/mol. The molecule has 0 saturated carbocycles. The Kier molecular flexibility index (Phi) is 5.18. The summed E-state index contributed by atoms with van der Waals surface area (Å²) in [6.45, 7) is 0. The number of aromatic nitrogens is 1. The van der Waals surface area contributed by atoms with Crippen LogP contribution in [0, 0.1) is 0 Å². The third-order valence-electron chi connectivity index (χ3n) is 10.0. The van der Waals surface area contributed by atoms with Crippen LogP contribution in [0.1, 0.15) is 22.3 Å². The molecule has 0 amide bonds. The number of hydrogen-bond acceptors (Lipinski definition) is 0. The van der Waals surface area contributed by atoms with Crippen molar-refractivity contribution in [3.05, 3.63) is 174 Å². The smallest absolute Gasteiger partial charge is 0.0541 e. The van der Waals surface area contributed by atoms with Gasteiger partial charge in [0.1, 0.15) is 0 Å². The zero-order chi connectivity index (χ0) is 29.5. The van der Waals surface area contributed by atoms with Gasteiger partial charge in [0.25, 0.3) is 0 Å². The monoisotopic (exact) mass is 571 g/mol. The molecule has 0 atom stereocenters. The Morgan fingerprint density at radius 2 is 0.822 bits per heavy atom. The molecule has 1 heteroatoms. The van der Waals surface area contributed by atoms with Gasteiger partial charge in [0.05, 0.1) is 11.0 Å². The second-order valence-electron chi connectivity index (χ2n) is 12.5. The van der Waals surface area contributed by atoms with Gasteiger partial charge >= 0.3 is 0 Å². The Labute approximate surface area is 262 Å². The van der Waals surface area contributed by atoms with Gasteiger partial charge in [0.2, 0.25) is 0 Å². The quantitative estimate of drug-likeness (QED) is 0.199. The van der Waals surface area contributed by atoms with Crippen molar-refractivity contribution in [2.24, 2.45) is 0 Å². The van der Waals surface area contributed by atoms with Crippen LogP contribution in [-0.4, -0.2) is 4.57 Å². The molecule has 0 N–H and O–H groups in total. The Balaban J connectivity index is 1.06. The zero-order valence-electron chi connectivity index (χ0n) is 24.8. The van der Waals surface area contributed by atoms with E-state index in [-0.39, 0.29) is 0 Å². The van der Waals surface area contributed by atoms with E-state index in [0.717, 1.165) is 12.8 Å². The summed E-state index contributed by atoms with van der Waals surface area (Å²) in [6.07, 6.45) is 2.01. The molecule has 0 aliphatic heterocycles. The van der Waals surface area contributed by atoms with Gasteiger partial charge in [-0.2, -0.15) is 0 Å². The topological polar surface area (TPSA) is 4.93 Å². The summed E-state index contributed by atoms with van der Waals surface area (Å²) in [5.74, 6) is 0. The van der Waals surface area contributed by atoms with Crippen molar-refractivity contribution in [2.45, 2.75) is 12.8 Å². The van der Waals surface area contributed by atoms with E-state index >= 15 is 0 Å². The highest BCUT2D eigenvalue weighted by Crippen LogP contribution is 2.43. The second-order valence-corrected chi connectivity index (χ2v) is 12.5. The van der Waals surface area contributed by atoms with Gasteiger partial charge in [-0.1, -0.05) is 109 Å². The molecule has 0 fully saturated rings. The first-order chi connectivity index (χ1) is 22.3. The van der Waals surface area contributed by atoms with Crippen molar-refractivity contribution < 1.29 is 0 Å². The van der Waals surface area contributed by atoms with Gasteiger partial charge in [-0.05, 0) is 122 Å². The average molecular weight is 572 g/mol. The van der Waals surface area contributed by atoms with E-state index in [9.17, 15) is 0 Å². The molecule has 1 nitrogen and oxygen atoms in total. The molecule has 0 radical (unpaired) electrons. The fourth-order valence-corrected chi connectivity index (χ4v) is 7.86. The molecule has 210 valence electrons. The first kappa shape index (κ1) is 24.7. The van der Waals surface area contributed by atoms with Crippen molar-refractivity contribution in [3.63, 3.8) is 0 Å². The second kappa shape index (κ2) is 9.42. The third kappa shape index (κ3) is 3.74. The maximum absolute atomic E-state index is 2.42. The van der Waals surface area contributed by atoms with Crippen LogP contribution in [0.3, 0.4) is 0 Å². The zero-order valence-corrected chi connectivity index (χ0v) is 24.8. The van der Waals surface area contributed by atoms with E-state index in [4.69, 9.17) is 0 Å². The molecular weight excluding hydrogens is 542 g/mol. The molecule has 10 rings (SSSR count). The third-order valence-corrected chi connectivity index (χ3v) is 10.0. The molecule has 0 bridgehead atoms. The van der Waals surface area contributed by atoms with Crippen LogP contribution >= 0.6 is 0 Å². The maximum atomic E-state index is 2.42. The van der Waals surface area contributed by atoms with Gasteiger partial charge in [0, 0.05) is 16.5 Å². The summed E-state index contributed by atoms with van der Waals surface area (Å²) in [5.41, 5.74) is 19.9. The molecule has 1 heterocycles. The fourth-order valence-electron chi connectivity index (χ4n) is 7.86. The standard InChI is InChI=1S/C44H29N/c1-2-11-37-32(8-1)23-33-18-16-30(25-40(33)37)28-9-7-10-29(22-28)31-17-19-34-24-35-20-21-36(27-42(35)41(34)26-31)45-43-14-5-3-12-38(43)39-13-4-6-15-44(39)45/h1-22,25-27H,23-24H2. The van der Waals surface area contributed by atoms with E-state index in [0.29, 0.717) is 0 Å². The Bertz CT molecular complexity index is 2440. The minimum Gasteiger partial charge on any atom is -0.309 e. The lowest BCUT2D eigenvalue weighted by molar-refractivity contribution is 1.17. The molecule has 8 aromatic rings. The average Bonchev–Trinajstić information content (AvgIpc) is 3.77. The predicted octanol–water partition coefficient (Wildman–Crippen LogP) is 11.3. The lowest BCUT2D eigenvalue weighted by atomic mass is 9.94. The van der Waals surface area contributed by atoms with Crippen molar-refractivity contribution in [3.8, 4) is 50.2 Å². The van der Waals surface area contributed by atoms with Crippen LogP contribution < -0.4 is 0 Å². The highest BCUT2D eigenvalue weighted by molar-refractivity contribution is 6.09. The van der Waals surface area contributed by atoms with Crippen molar-refractivity contribution >= 4 is 21.8 Å². The highest BCUT2D eigenvalue weighted by Gasteiger charge is 2.22. The van der Waals surface area contributed by atoms with Gasteiger partial charge in [0.15, 0.2) is 0 Å². The molecule has 0 saturated heterocycles. The fraction of sp³-hybridized carbons (Fsp3) is 0.0455. The Hall–Kier alpha value is -5.66. The first-order valence-electron chi connectivity index (χ1n) is 15.9. The van der Waals surface area contributed by atoms with E-state index < -0.39 is 0 Å². The molecule has 2 aliphatic rings. The summed E-state index contributed by atoms with van der Waals surface area (Å²) < 4.78 is 2.42. The number of rotatable bonds is 3. The number of hydrogen-bond donors (Lipinski definition) is 0. The lowest BCUT2D eigenvalue weighted by Gasteiger charge is -2.12. The highest BCUT2D eigenvalue weighted by atomic mass is 15.0.